The fourth-order valence-electron chi connectivity index (χ4n) is 1.42. The summed E-state index contributed by atoms with van der Waals surface area (Å²) in [6.45, 7) is 0. The summed E-state index contributed by atoms with van der Waals surface area (Å²) in [5, 5.41) is 0. The van der Waals surface area contributed by atoms with Crippen molar-refractivity contribution in [1.82, 2.24) is 9.97 Å². The second kappa shape index (κ2) is 4.64. The highest BCUT2D eigenvalue weighted by Crippen LogP contribution is 2.29. The maximum atomic E-state index is 12.5. The van der Waals surface area contributed by atoms with Gasteiger partial charge in [0.05, 0.1) is 19.0 Å². The Morgan fingerprint density at radius 3 is 2.61 bits per heavy atom. The van der Waals surface area contributed by atoms with Gasteiger partial charge in [0.1, 0.15) is 11.4 Å². The molecule has 0 fully saturated rings. The second-order valence-corrected chi connectivity index (χ2v) is 3.52. The first kappa shape index (κ1) is 12.3. The Morgan fingerprint density at radius 1 is 1.17 bits per heavy atom. The molecule has 2 heterocycles. The number of hydrogen-bond acceptors (Lipinski definition) is 3. The third-order valence-electron chi connectivity index (χ3n) is 2.28. The highest BCUT2D eigenvalue weighted by atomic mass is 19.4. The lowest BCUT2D eigenvalue weighted by Crippen LogP contribution is -2.08. The van der Waals surface area contributed by atoms with Crippen molar-refractivity contribution in [2.75, 3.05) is 7.11 Å². The molecule has 0 saturated carbocycles. The van der Waals surface area contributed by atoms with Crippen molar-refractivity contribution in [2.24, 2.45) is 0 Å². The molecular formula is C12H9F3N2O. The van der Waals surface area contributed by atoms with Gasteiger partial charge in [-0.15, -0.1) is 0 Å². The number of halogens is 3. The van der Waals surface area contributed by atoms with Crippen LogP contribution in [0, 0.1) is 0 Å². The van der Waals surface area contributed by atoms with Crippen molar-refractivity contribution in [3.63, 3.8) is 0 Å². The summed E-state index contributed by atoms with van der Waals surface area (Å²) in [5.74, 6) is 0.465. The Labute approximate surface area is 101 Å². The van der Waals surface area contributed by atoms with Gasteiger partial charge < -0.3 is 4.74 Å². The van der Waals surface area contributed by atoms with Crippen LogP contribution in [0.2, 0.25) is 0 Å². The molecule has 0 radical (unpaired) electrons. The van der Waals surface area contributed by atoms with Crippen LogP contribution in [0.25, 0.3) is 11.3 Å². The number of alkyl halides is 3. The van der Waals surface area contributed by atoms with E-state index in [1.54, 1.807) is 6.07 Å². The molecule has 0 saturated heterocycles. The predicted octanol–water partition coefficient (Wildman–Crippen LogP) is 3.17. The summed E-state index contributed by atoms with van der Waals surface area (Å²) in [6, 6.07) is 5.31. The lowest BCUT2D eigenvalue weighted by molar-refractivity contribution is -0.141. The van der Waals surface area contributed by atoms with Gasteiger partial charge in [-0.2, -0.15) is 13.2 Å². The van der Waals surface area contributed by atoms with Crippen molar-refractivity contribution in [2.45, 2.75) is 6.18 Å². The molecule has 94 valence electrons. The summed E-state index contributed by atoms with van der Waals surface area (Å²) >= 11 is 0. The monoisotopic (exact) mass is 254 g/mol. The summed E-state index contributed by atoms with van der Waals surface area (Å²) in [7, 11) is 1.46. The topological polar surface area (TPSA) is 35.0 Å². The first-order valence-electron chi connectivity index (χ1n) is 5.04. The molecule has 3 nitrogen and oxygen atoms in total. The lowest BCUT2D eigenvalue weighted by Gasteiger charge is -2.08. The van der Waals surface area contributed by atoms with E-state index in [2.05, 4.69) is 9.97 Å². The van der Waals surface area contributed by atoms with Crippen LogP contribution in [0.3, 0.4) is 0 Å². The zero-order valence-electron chi connectivity index (χ0n) is 9.40. The molecule has 0 spiro atoms. The zero-order chi connectivity index (χ0) is 13.2. The molecule has 0 aliphatic rings. The summed E-state index contributed by atoms with van der Waals surface area (Å²) in [5.41, 5.74) is -0.250. The number of nitrogens with zero attached hydrogens (tertiary/aromatic N) is 2. The molecule has 0 N–H and O–H groups in total. The molecule has 0 aliphatic carbocycles. The zero-order valence-corrected chi connectivity index (χ0v) is 9.40. The van der Waals surface area contributed by atoms with Crippen molar-refractivity contribution in [3.05, 3.63) is 42.4 Å². The van der Waals surface area contributed by atoms with Crippen molar-refractivity contribution in [1.29, 1.82) is 0 Å². The molecule has 0 bridgehead atoms. The van der Waals surface area contributed by atoms with Crippen molar-refractivity contribution in [3.8, 4) is 17.0 Å². The molecule has 6 heteroatoms. The molecule has 0 amide bonds. The predicted molar refractivity (Wildman–Crippen MR) is 59.0 cm³/mol. The van der Waals surface area contributed by atoms with Crippen LogP contribution in [0.5, 0.6) is 5.75 Å². The molecule has 0 aromatic carbocycles. The Hall–Kier alpha value is -2.11. The van der Waals surface area contributed by atoms with E-state index in [1.807, 2.05) is 0 Å². The molecule has 2 aromatic rings. The number of methoxy groups -OCH3 is 1. The SMILES string of the molecule is COc1cncc(-c2cccc(C(F)(F)F)n2)c1. The standard InChI is InChI=1S/C12H9F3N2O/c1-18-9-5-8(6-16-7-9)10-3-2-4-11(17-10)12(13,14)15/h2-7H,1H3. The van der Waals surface area contributed by atoms with Crippen LogP contribution in [-0.4, -0.2) is 17.1 Å². The number of rotatable bonds is 2. The van der Waals surface area contributed by atoms with Crippen LogP contribution in [0.15, 0.2) is 36.7 Å². The lowest BCUT2D eigenvalue weighted by atomic mass is 10.2. The average molecular weight is 254 g/mol. The Kier molecular flexibility index (Phi) is 3.18. The minimum atomic E-state index is -4.46. The highest BCUT2D eigenvalue weighted by molar-refractivity contribution is 5.59. The number of hydrogen-bond donors (Lipinski definition) is 0. The maximum Gasteiger partial charge on any atom is 0.433 e. The minimum absolute atomic E-state index is 0.205. The van der Waals surface area contributed by atoms with E-state index in [0.29, 0.717) is 11.3 Å². The largest absolute Gasteiger partial charge is 0.495 e. The minimum Gasteiger partial charge on any atom is -0.495 e. The Bertz CT molecular complexity index is 555. The van der Waals surface area contributed by atoms with Gasteiger partial charge in [-0.05, 0) is 18.2 Å². The van der Waals surface area contributed by atoms with Gasteiger partial charge in [0, 0.05) is 11.8 Å². The van der Waals surface area contributed by atoms with Crippen LogP contribution in [-0.2, 0) is 6.18 Å². The number of aromatic nitrogens is 2. The second-order valence-electron chi connectivity index (χ2n) is 3.52. The molecule has 0 atom stereocenters. The maximum absolute atomic E-state index is 12.5. The van der Waals surface area contributed by atoms with Crippen molar-refractivity contribution < 1.29 is 17.9 Å². The van der Waals surface area contributed by atoms with E-state index >= 15 is 0 Å². The molecule has 2 rings (SSSR count). The van der Waals surface area contributed by atoms with Gasteiger partial charge in [-0.25, -0.2) is 4.98 Å². The van der Waals surface area contributed by atoms with Gasteiger partial charge in [-0.3, -0.25) is 4.98 Å². The number of pyridine rings is 2. The summed E-state index contributed by atoms with van der Waals surface area (Å²) < 4.78 is 42.5. The van der Waals surface area contributed by atoms with E-state index in [4.69, 9.17) is 4.74 Å². The fourth-order valence-corrected chi connectivity index (χ4v) is 1.42. The van der Waals surface area contributed by atoms with Gasteiger partial charge in [0.25, 0.3) is 0 Å². The van der Waals surface area contributed by atoms with Crippen molar-refractivity contribution >= 4 is 0 Å². The van der Waals surface area contributed by atoms with Gasteiger partial charge in [0.15, 0.2) is 0 Å². The quantitative estimate of drug-likeness (QED) is 0.825. The molecule has 0 aliphatic heterocycles. The average Bonchev–Trinajstić information content (AvgIpc) is 2.38. The molecule has 0 unspecified atom stereocenters. The van der Waals surface area contributed by atoms with E-state index < -0.39 is 11.9 Å². The third-order valence-corrected chi connectivity index (χ3v) is 2.28. The van der Waals surface area contributed by atoms with Gasteiger partial charge in [0.2, 0.25) is 0 Å². The third kappa shape index (κ3) is 2.58. The summed E-state index contributed by atoms with van der Waals surface area (Å²) in [4.78, 5) is 7.45. The fraction of sp³-hybridized carbons (Fsp3) is 0.167. The first-order chi connectivity index (χ1) is 8.50. The van der Waals surface area contributed by atoms with E-state index in [1.165, 1.54) is 31.6 Å². The molecule has 2 aromatic heterocycles. The number of ether oxygens (including phenoxy) is 1. The van der Waals surface area contributed by atoms with Crippen LogP contribution in [0.1, 0.15) is 5.69 Å². The van der Waals surface area contributed by atoms with Crippen LogP contribution >= 0.6 is 0 Å². The van der Waals surface area contributed by atoms with E-state index in [-0.39, 0.29) is 5.69 Å². The van der Waals surface area contributed by atoms with Gasteiger partial charge in [-0.1, -0.05) is 6.07 Å². The Morgan fingerprint density at radius 2 is 1.94 bits per heavy atom. The normalized spacial score (nSPS) is 11.3. The van der Waals surface area contributed by atoms with Crippen LogP contribution < -0.4 is 4.74 Å². The highest BCUT2D eigenvalue weighted by Gasteiger charge is 2.32. The summed E-state index contributed by atoms with van der Waals surface area (Å²) in [6.07, 6.45) is -1.55. The molecule has 18 heavy (non-hydrogen) atoms. The van der Waals surface area contributed by atoms with Gasteiger partial charge >= 0.3 is 6.18 Å². The first-order valence-corrected chi connectivity index (χ1v) is 5.04. The van der Waals surface area contributed by atoms with E-state index in [0.717, 1.165) is 6.07 Å². The smallest absolute Gasteiger partial charge is 0.433 e. The van der Waals surface area contributed by atoms with Crippen LogP contribution in [0.4, 0.5) is 13.2 Å². The molecular weight excluding hydrogens is 245 g/mol. The Balaban J connectivity index is 2.44. The van der Waals surface area contributed by atoms with E-state index in [9.17, 15) is 13.2 Å².